The summed E-state index contributed by atoms with van der Waals surface area (Å²) in [6.07, 6.45) is 4.86. The minimum absolute atomic E-state index is 0.123. The molecule has 1 saturated heterocycles. The Morgan fingerprint density at radius 1 is 1.14 bits per heavy atom. The van der Waals surface area contributed by atoms with Crippen molar-refractivity contribution in [3.63, 3.8) is 0 Å². The van der Waals surface area contributed by atoms with E-state index in [1.807, 2.05) is 36.3 Å². The molecule has 0 unspecified atom stereocenters. The van der Waals surface area contributed by atoms with E-state index in [0.717, 1.165) is 79.9 Å². The molecule has 0 atom stereocenters. The predicted octanol–water partition coefficient (Wildman–Crippen LogP) is 2.44. The minimum Gasteiger partial charge on any atom is -0.356 e. The van der Waals surface area contributed by atoms with Crippen molar-refractivity contribution in [1.29, 1.82) is 0 Å². The highest BCUT2D eigenvalue weighted by Gasteiger charge is 2.28. The first-order valence-corrected chi connectivity index (χ1v) is 10.1. The van der Waals surface area contributed by atoms with Crippen LogP contribution < -0.4 is 0 Å². The second-order valence-corrected chi connectivity index (χ2v) is 7.89. The standard InChI is InChI=1S/C21H25N5O2/c1-24-14-17-18(22-24)8-11-26(21(17)27)13-12-25-9-6-15(7-10-25)20-16-4-2-3-5-19(16)28-23-20/h2-5,14-15H,6-13H2,1H3. The van der Waals surface area contributed by atoms with Crippen LogP contribution in [0, 0.1) is 0 Å². The van der Waals surface area contributed by atoms with Crippen molar-refractivity contribution in [2.45, 2.75) is 25.2 Å². The summed E-state index contributed by atoms with van der Waals surface area (Å²) in [4.78, 5) is 17.1. The van der Waals surface area contributed by atoms with Crippen molar-refractivity contribution >= 4 is 16.9 Å². The fourth-order valence-electron chi connectivity index (χ4n) is 4.52. The molecule has 5 rings (SSSR count). The molecule has 146 valence electrons. The largest absolute Gasteiger partial charge is 0.356 e. The number of nitrogens with zero attached hydrogens (tertiary/aromatic N) is 5. The second-order valence-electron chi connectivity index (χ2n) is 7.89. The van der Waals surface area contributed by atoms with Crippen molar-refractivity contribution in [2.24, 2.45) is 7.05 Å². The van der Waals surface area contributed by atoms with Gasteiger partial charge in [-0.05, 0) is 38.1 Å². The molecule has 3 aromatic rings. The Hall–Kier alpha value is -2.67. The maximum atomic E-state index is 12.7. The number of aryl methyl sites for hydroxylation is 1. The fraction of sp³-hybridized carbons (Fsp3) is 0.476. The number of piperidine rings is 1. The number of amides is 1. The first-order valence-electron chi connectivity index (χ1n) is 10.1. The Bertz CT molecular complexity index is 999. The van der Waals surface area contributed by atoms with Crippen LogP contribution in [-0.4, -0.2) is 63.4 Å². The highest BCUT2D eigenvalue weighted by atomic mass is 16.5. The molecule has 1 aromatic carbocycles. The van der Waals surface area contributed by atoms with Gasteiger partial charge >= 0.3 is 0 Å². The number of para-hydroxylation sites is 1. The molecule has 1 fully saturated rings. The van der Waals surface area contributed by atoms with Crippen molar-refractivity contribution in [3.05, 3.63) is 47.4 Å². The number of carbonyl (C=O) groups excluding carboxylic acids is 1. The number of fused-ring (bicyclic) bond motifs is 2. The average molecular weight is 379 g/mol. The highest BCUT2D eigenvalue weighted by molar-refractivity contribution is 5.96. The molecular weight excluding hydrogens is 354 g/mol. The van der Waals surface area contributed by atoms with E-state index in [-0.39, 0.29) is 5.91 Å². The van der Waals surface area contributed by atoms with Gasteiger partial charge in [-0.1, -0.05) is 17.3 Å². The fourth-order valence-corrected chi connectivity index (χ4v) is 4.52. The summed E-state index contributed by atoms with van der Waals surface area (Å²) >= 11 is 0. The smallest absolute Gasteiger partial charge is 0.257 e. The van der Waals surface area contributed by atoms with Gasteiger partial charge in [-0.3, -0.25) is 9.48 Å². The molecule has 2 aliphatic rings. The average Bonchev–Trinajstić information content (AvgIpc) is 3.31. The molecule has 0 radical (unpaired) electrons. The third-order valence-corrected chi connectivity index (χ3v) is 6.11. The Kier molecular flexibility index (Phi) is 4.39. The van der Waals surface area contributed by atoms with Gasteiger partial charge in [-0.15, -0.1) is 0 Å². The van der Waals surface area contributed by atoms with Gasteiger partial charge in [0, 0.05) is 50.6 Å². The number of rotatable bonds is 4. The number of benzene rings is 1. The van der Waals surface area contributed by atoms with Crippen LogP contribution in [0.4, 0.5) is 0 Å². The van der Waals surface area contributed by atoms with Crippen LogP contribution in [0.5, 0.6) is 0 Å². The first-order chi connectivity index (χ1) is 13.7. The lowest BCUT2D eigenvalue weighted by Crippen LogP contribution is -2.44. The van der Waals surface area contributed by atoms with E-state index < -0.39 is 0 Å². The van der Waals surface area contributed by atoms with Gasteiger partial charge in [0.2, 0.25) is 0 Å². The van der Waals surface area contributed by atoms with Crippen molar-refractivity contribution in [3.8, 4) is 0 Å². The van der Waals surface area contributed by atoms with Gasteiger partial charge in [-0.2, -0.15) is 5.10 Å². The molecule has 4 heterocycles. The topological polar surface area (TPSA) is 67.4 Å². The van der Waals surface area contributed by atoms with E-state index in [1.165, 1.54) is 0 Å². The van der Waals surface area contributed by atoms with Gasteiger partial charge in [0.25, 0.3) is 5.91 Å². The molecule has 7 heteroatoms. The van der Waals surface area contributed by atoms with Crippen molar-refractivity contribution in [2.75, 3.05) is 32.7 Å². The molecule has 2 aromatic heterocycles. The van der Waals surface area contributed by atoms with E-state index in [2.05, 4.69) is 21.2 Å². The molecule has 2 aliphatic heterocycles. The number of hydrogen-bond donors (Lipinski definition) is 0. The number of likely N-dealkylation sites (tertiary alicyclic amines) is 1. The molecular formula is C21H25N5O2. The number of carbonyl (C=O) groups is 1. The van der Waals surface area contributed by atoms with Crippen LogP contribution in [0.3, 0.4) is 0 Å². The van der Waals surface area contributed by atoms with Crippen molar-refractivity contribution < 1.29 is 9.32 Å². The lowest BCUT2D eigenvalue weighted by Gasteiger charge is -2.33. The molecule has 0 N–H and O–H groups in total. The van der Waals surface area contributed by atoms with Crippen LogP contribution in [0.25, 0.3) is 11.0 Å². The van der Waals surface area contributed by atoms with E-state index in [1.54, 1.807) is 4.68 Å². The van der Waals surface area contributed by atoms with Crippen LogP contribution >= 0.6 is 0 Å². The second kappa shape index (κ2) is 7.05. The Morgan fingerprint density at radius 2 is 1.96 bits per heavy atom. The zero-order chi connectivity index (χ0) is 19.1. The molecule has 0 spiro atoms. The Balaban J connectivity index is 1.17. The lowest BCUT2D eigenvalue weighted by molar-refractivity contribution is 0.0710. The molecule has 28 heavy (non-hydrogen) atoms. The van der Waals surface area contributed by atoms with Crippen molar-refractivity contribution in [1.82, 2.24) is 24.7 Å². The number of aromatic nitrogens is 3. The molecule has 1 amide bonds. The van der Waals surface area contributed by atoms with Crippen LogP contribution in [0.1, 0.15) is 40.5 Å². The Morgan fingerprint density at radius 3 is 2.82 bits per heavy atom. The van der Waals surface area contributed by atoms with E-state index in [4.69, 9.17) is 4.52 Å². The van der Waals surface area contributed by atoms with Crippen LogP contribution in [0.2, 0.25) is 0 Å². The third kappa shape index (κ3) is 3.09. The zero-order valence-electron chi connectivity index (χ0n) is 16.2. The van der Waals surface area contributed by atoms with Gasteiger partial charge in [0.15, 0.2) is 5.58 Å². The lowest BCUT2D eigenvalue weighted by atomic mass is 9.91. The SMILES string of the molecule is Cn1cc2c(n1)CCN(CCN1CCC(c3noc4ccccc34)CC1)C2=O. The summed E-state index contributed by atoms with van der Waals surface area (Å²) in [5.74, 6) is 0.577. The van der Waals surface area contributed by atoms with E-state index in [0.29, 0.717) is 5.92 Å². The molecule has 0 saturated carbocycles. The monoisotopic (exact) mass is 379 g/mol. The minimum atomic E-state index is 0.123. The molecule has 0 aliphatic carbocycles. The van der Waals surface area contributed by atoms with Gasteiger partial charge in [0.05, 0.1) is 17.0 Å². The normalized spacial score (nSPS) is 18.8. The zero-order valence-corrected chi connectivity index (χ0v) is 16.2. The summed E-state index contributed by atoms with van der Waals surface area (Å²) in [5, 5.41) is 9.87. The Labute approximate surface area is 163 Å². The quantitative estimate of drug-likeness (QED) is 0.697. The summed E-state index contributed by atoms with van der Waals surface area (Å²) in [5.41, 5.74) is 3.68. The first kappa shape index (κ1) is 17.4. The maximum absolute atomic E-state index is 12.7. The predicted molar refractivity (Wildman–Crippen MR) is 105 cm³/mol. The maximum Gasteiger partial charge on any atom is 0.257 e. The summed E-state index contributed by atoms with van der Waals surface area (Å²) in [6, 6.07) is 8.10. The summed E-state index contributed by atoms with van der Waals surface area (Å²) < 4.78 is 7.22. The third-order valence-electron chi connectivity index (χ3n) is 6.11. The van der Waals surface area contributed by atoms with Gasteiger partial charge in [0.1, 0.15) is 0 Å². The van der Waals surface area contributed by atoms with Crippen LogP contribution in [0.15, 0.2) is 35.0 Å². The van der Waals surface area contributed by atoms with E-state index in [9.17, 15) is 4.79 Å². The molecule has 7 nitrogen and oxygen atoms in total. The van der Waals surface area contributed by atoms with E-state index >= 15 is 0 Å². The summed E-state index contributed by atoms with van der Waals surface area (Å²) in [6.45, 7) is 4.54. The highest BCUT2D eigenvalue weighted by Crippen LogP contribution is 2.32. The number of hydrogen-bond acceptors (Lipinski definition) is 5. The summed E-state index contributed by atoms with van der Waals surface area (Å²) in [7, 11) is 1.87. The van der Waals surface area contributed by atoms with Gasteiger partial charge < -0.3 is 14.3 Å². The molecule has 0 bridgehead atoms. The van der Waals surface area contributed by atoms with Gasteiger partial charge in [-0.25, -0.2) is 0 Å². The van der Waals surface area contributed by atoms with Crippen LogP contribution in [-0.2, 0) is 13.5 Å².